The largest absolute Gasteiger partial charge is 0.469 e. The third-order valence-corrected chi connectivity index (χ3v) is 5.71. The van der Waals surface area contributed by atoms with Crippen LogP contribution in [0, 0.1) is 5.92 Å². The number of ether oxygens (including phenoxy) is 1. The Morgan fingerprint density at radius 2 is 2.06 bits per heavy atom. The molecule has 12 heteroatoms. The first-order valence-electron chi connectivity index (χ1n) is 10.9. The Kier molecular flexibility index (Phi) is 6.72. The minimum atomic E-state index is -4.79. The summed E-state index contributed by atoms with van der Waals surface area (Å²) in [5.41, 5.74) is -0.279. The molecule has 1 fully saturated rings. The van der Waals surface area contributed by atoms with Crippen LogP contribution in [-0.2, 0) is 22.3 Å². The molecule has 1 atom stereocenters. The van der Waals surface area contributed by atoms with Crippen LogP contribution in [-0.4, -0.2) is 51.8 Å². The number of methoxy groups -OCH3 is 1. The normalized spacial score (nSPS) is 15.8. The van der Waals surface area contributed by atoms with E-state index in [1.54, 1.807) is 34.1 Å². The van der Waals surface area contributed by atoms with Gasteiger partial charge in [0.2, 0.25) is 0 Å². The topological polar surface area (TPSA) is 102 Å². The van der Waals surface area contributed by atoms with Gasteiger partial charge in [-0.1, -0.05) is 6.07 Å². The number of nitrogens with zero attached hydrogens (tertiary/aromatic N) is 5. The van der Waals surface area contributed by atoms with Crippen molar-refractivity contribution in [3.05, 3.63) is 54.2 Å². The summed E-state index contributed by atoms with van der Waals surface area (Å²) < 4.78 is 47.3. The van der Waals surface area contributed by atoms with Crippen molar-refractivity contribution in [1.29, 1.82) is 0 Å². The number of anilines is 2. The lowest BCUT2D eigenvalue weighted by atomic mass is 10.1. The Hall–Kier alpha value is -3.96. The summed E-state index contributed by atoms with van der Waals surface area (Å²) in [7, 11) is 1.29. The van der Waals surface area contributed by atoms with Crippen LogP contribution in [0.5, 0.6) is 0 Å². The smallest absolute Gasteiger partial charge is 0.435 e. The molecule has 1 unspecified atom stereocenters. The Bertz CT molecular complexity index is 1240. The van der Waals surface area contributed by atoms with E-state index in [-0.39, 0.29) is 24.1 Å². The van der Waals surface area contributed by atoms with Gasteiger partial charge in [-0.15, -0.1) is 0 Å². The van der Waals surface area contributed by atoms with Crippen LogP contribution in [0.2, 0.25) is 0 Å². The van der Waals surface area contributed by atoms with Gasteiger partial charge < -0.3 is 15.0 Å². The van der Waals surface area contributed by atoms with Gasteiger partial charge in [-0.25, -0.2) is 9.97 Å². The molecule has 4 heterocycles. The highest BCUT2D eigenvalue weighted by Crippen LogP contribution is 2.36. The summed E-state index contributed by atoms with van der Waals surface area (Å²) in [5, 5.41) is 6.48. The molecule has 0 bridgehead atoms. The minimum Gasteiger partial charge on any atom is -0.469 e. The van der Waals surface area contributed by atoms with Crippen LogP contribution in [0.3, 0.4) is 0 Å². The first-order chi connectivity index (χ1) is 16.7. The fraction of sp³-hybridized carbons (Fsp3) is 0.348. The SMILES string of the molecule is CCn1cc(-c2cccc(C(=O)Nc3cc(N4CCC(C(=O)OC)C4)cnc3C(F)(F)F)n2)cn1. The van der Waals surface area contributed by atoms with E-state index in [0.29, 0.717) is 36.5 Å². The second-order valence-electron chi connectivity index (χ2n) is 7.99. The number of carbonyl (C=O) groups is 2. The maximum Gasteiger partial charge on any atom is 0.435 e. The first-order valence-corrected chi connectivity index (χ1v) is 10.9. The average molecular weight is 488 g/mol. The summed E-state index contributed by atoms with van der Waals surface area (Å²) in [6, 6.07) is 5.90. The zero-order valence-electron chi connectivity index (χ0n) is 19.0. The number of pyridine rings is 2. The molecule has 0 aromatic carbocycles. The maximum atomic E-state index is 13.6. The fourth-order valence-corrected chi connectivity index (χ4v) is 3.88. The van der Waals surface area contributed by atoms with E-state index in [1.165, 1.54) is 19.2 Å². The van der Waals surface area contributed by atoms with Crippen LogP contribution in [0.4, 0.5) is 24.5 Å². The van der Waals surface area contributed by atoms with Crippen molar-refractivity contribution >= 4 is 23.3 Å². The number of halogens is 3. The number of hydrogen-bond donors (Lipinski definition) is 1. The molecule has 9 nitrogen and oxygen atoms in total. The molecule has 35 heavy (non-hydrogen) atoms. The van der Waals surface area contributed by atoms with Crippen LogP contribution in [0.25, 0.3) is 11.3 Å². The standard InChI is InChI=1S/C23H23F3N6O3/c1-3-32-13-15(10-28-32)17-5-4-6-18(29-17)21(33)30-19-9-16(11-27-20(19)23(24,25)26)31-8-7-14(12-31)22(34)35-2/h4-6,9-11,13-14H,3,7-8,12H2,1-2H3,(H,30,33). The predicted octanol–water partition coefficient (Wildman–Crippen LogP) is 3.63. The van der Waals surface area contributed by atoms with Crippen LogP contribution in [0.15, 0.2) is 42.9 Å². The van der Waals surface area contributed by atoms with Gasteiger partial charge in [0, 0.05) is 31.4 Å². The van der Waals surface area contributed by atoms with Crippen molar-refractivity contribution in [3.8, 4) is 11.3 Å². The van der Waals surface area contributed by atoms with E-state index < -0.39 is 23.5 Å². The lowest BCUT2D eigenvalue weighted by Crippen LogP contribution is -2.25. The molecule has 3 aromatic heterocycles. The fourth-order valence-electron chi connectivity index (χ4n) is 3.88. The van der Waals surface area contributed by atoms with Gasteiger partial charge in [0.1, 0.15) is 5.69 Å². The predicted molar refractivity (Wildman–Crippen MR) is 121 cm³/mol. The van der Waals surface area contributed by atoms with Crippen molar-refractivity contribution < 1.29 is 27.5 Å². The van der Waals surface area contributed by atoms with Crippen molar-refractivity contribution in [2.45, 2.75) is 26.1 Å². The van der Waals surface area contributed by atoms with Gasteiger partial charge in [0.25, 0.3) is 5.91 Å². The van der Waals surface area contributed by atoms with E-state index in [9.17, 15) is 22.8 Å². The number of aryl methyl sites for hydroxylation is 1. The number of amides is 1. The Morgan fingerprint density at radius 1 is 1.26 bits per heavy atom. The minimum absolute atomic E-state index is 0.0581. The molecule has 1 amide bonds. The Balaban J connectivity index is 1.60. The molecular formula is C23H23F3N6O3. The second-order valence-corrected chi connectivity index (χ2v) is 7.99. The van der Waals surface area contributed by atoms with Crippen LogP contribution < -0.4 is 10.2 Å². The lowest BCUT2D eigenvalue weighted by molar-refractivity contribution is -0.144. The molecule has 1 aliphatic heterocycles. The van der Waals surface area contributed by atoms with Gasteiger partial charge in [-0.2, -0.15) is 18.3 Å². The third-order valence-electron chi connectivity index (χ3n) is 5.71. The third kappa shape index (κ3) is 5.26. The Morgan fingerprint density at radius 3 is 2.74 bits per heavy atom. The number of carbonyl (C=O) groups excluding carboxylic acids is 2. The van der Waals surface area contributed by atoms with Crippen molar-refractivity contribution in [2.24, 2.45) is 5.92 Å². The highest BCUT2D eigenvalue weighted by Gasteiger charge is 2.37. The summed E-state index contributed by atoms with van der Waals surface area (Å²) in [5.74, 6) is -1.58. The summed E-state index contributed by atoms with van der Waals surface area (Å²) >= 11 is 0. The molecule has 0 radical (unpaired) electrons. The molecule has 1 N–H and O–H groups in total. The van der Waals surface area contributed by atoms with Crippen molar-refractivity contribution in [3.63, 3.8) is 0 Å². The summed E-state index contributed by atoms with van der Waals surface area (Å²) in [4.78, 5) is 34.3. The zero-order valence-corrected chi connectivity index (χ0v) is 19.0. The van der Waals surface area contributed by atoms with Crippen molar-refractivity contribution in [2.75, 3.05) is 30.4 Å². The van der Waals surface area contributed by atoms with Gasteiger partial charge in [0.05, 0.1) is 42.5 Å². The lowest BCUT2D eigenvalue weighted by Gasteiger charge is -2.21. The van der Waals surface area contributed by atoms with E-state index >= 15 is 0 Å². The van der Waals surface area contributed by atoms with Gasteiger partial charge in [-0.05, 0) is 31.5 Å². The van der Waals surface area contributed by atoms with E-state index in [2.05, 4.69) is 20.4 Å². The van der Waals surface area contributed by atoms with E-state index in [0.717, 1.165) is 6.20 Å². The van der Waals surface area contributed by atoms with Gasteiger partial charge >= 0.3 is 12.1 Å². The number of alkyl halides is 3. The van der Waals surface area contributed by atoms with Gasteiger partial charge in [0.15, 0.2) is 5.69 Å². The van der Waals surface area contributed by atoms with Crippen LogP contribution in [0.1, 0.15) is 29.5 Å². The molecule has 1 aliphatic rings. The van der Waals surface area contributed by atoms with Crippen LogP contribution >= 0.6 is 0 Å². The summed E-state index contributed by atoms with van der Waals surface area (Å²) in [6.45, 7) is 3.30. The first kappa shape index (κ1) is 24.2. The zero-order chi connectivity index (χ0) is 25.2. The molecule has 3 aromatic rings. The molecule has 1 saturated heterocycles. The second kappa shape index (κ2) is 9.72. The number of rotatable bonds is 6. The number of nitrogens with one attached hydrogen (secondary N) is 1. The van der Waals surface area contributed by atoms with E-state index in [1.807, 2.05) is 6.92 Å². The molecular weight excluding hydrogens is 465 g/mol. The maximum absolute atomic E-state index is 13.6. The molecule has 184 valence electrons. The number of hydrogen-bond acceptors (Lipinski definition) is 7. The highest BCUT2D eigenvalue weighted by molar-refractivity contribution is 6.03. The number of aromatic nitrogens is 4. The summed E-state index contributed by atoms with van der Waals surface area (Å²) in [6.07, 6.45) is 0.158. The quantitative estimate of drug-likeness (QED) is 0.529. The van der Waals surface area contributed by atoms with Crippen molar-refractivity contribution in [1.82, 2.24) is 19.7 Å². The number of esters is 1. The molecule has 4 rings (SSSR count). The monoisotopic (exact) mass is 488 g/mol. The van der Waals surface area contributed by atoms with Gasteiger partial charge in [-0.3, -0.25) is 14.3 Å². The molecule has 0 aliphatic carbocycles. The molecule has 0 saturated carbocycles. The highest BCUT2D eigenvalue weighted by atomic mass is 19.4. The average Bonchev–Trinajstić information content (AvgIpc) is 3.53. The van der Waals surface area contributed by atoms with E-state index in [4.69, 9.17) is 4.74 Å². The molecule has 0 spiro atoms. The Labute approximate surface area is 198 Å².